The Morgan fingerprint density at radius 1 is 1.27 bits per heavy atom. The lowest BCUT2D eigenvalue weighted by atomic mass is 10.1. The molecule has 10 nitrogen and oxygen atoms in total. The van der Waals surface area contributed by atoms with E-state index in [-0.39, 0.29) is 49.2 Å². The summed E-state index contributed by atoms with van der Waals surface area (Å²) in [5.74, 6) is -1.03. The lowest BCUT2D eigenvalue weighted by molar-refractivity contribution is -0.384. The number of nitro groups is 1. The fourth-order valence-corrected chi connectivity index (χ4v) is 2.05. The molecule has 0 saturated carbocycles. The number of ether oxygens (including phenoxy) is 2. The van der Waals surface area contributed by atoms with E-state index in [0.717, 1.165) is 5.01 Å². The lowest BCUT2D eigenvalue weighted by Crippen LogP contribution is -2.23. The van der Waals surface area contributed by atoms with Crippen LogP contribution in [0, 0.1) is 10.1 Å². The Morgan fingerprint density at radius 3 is 2.58 bits per heavy atom. The number of carbonyl (C=O) groups excluding carboxylic acids is 2. The Kier molecular flexibility index (Phi) is 8.68. The fourth-order valence-electron chi connectivity index (χ4n) is 2.05. The van der Waals surface area contributed by atoms with Gasteiger partial charge in [0.1, 0.15) is 5.71 Å². The molecule has 0 aliphatic rings. The highest BCUT2D eigenvalue weighted by Crippen LogP contribution is 2.24. The summed E-state index contributed by atoms with van der Waals surface area (Å²) in [6.45, 7) is 3.80. The van der Waals surface area contributed by atoms with Gasteiger partial charge in [0, 0.05) is 25.7 Å². The van der Waals surface area contributed by atoms with Gasteiger partial charge in [-0.05, 0) is 32.8 Å². The summed E-state index contributed by atoms with van der Waals surface area (Å²) in [7, 11) is 1.44. The summed E-state index contributed by atoms with van der Waals surface area (Å²) in [6.07, 6.45) is 2.00. The molecule has 0 saturated heterocycles. The van der Waals surface area contributed by atoms with E-state index in [0.29, 0.717) is 6.42 Å². The van der Waals surface area contributed by atoms with Gasteiger partial charge in [0.05, 0.1) is 18.1 Å². The molecule has 0 aliphatic heterocycles. The summed E-state index contributed by atoms with van der Waals surface area (Å²) in [5.41, 5.74) is -0.202. The highest BCUT2D eigenvalue weighted by atomic mass is 16.6. The van der Waals surface area contributed by atoms with Crippen molar-refractivity contribution in [2.24, 2.45) is 5.10 Å². The highest BCUT2D eigenvalue weighted by molar-refractivity contribution is 6.36. The van der Waals surface area contributed by atoms with Crippen LogP contribution in [-0.4, -0.2) is 47.8 Å². The molecule has 0 atom stereocenters. The van der Waals surface area contributed by atoms with Crippen molar-refractivity contribution in [3.05, 3.63) is 28.4 Å². The van der Waals surface area contributed by atoms with Crippen LogP contribution >= 0.6 is 0 Å². The van der Waals surface area contributed by atoms with Crippen LogP contribution in [0.5, 0.6) is 0 Å². The van der Waals surface area contributed by atoms with Crippen molar-refractivity contribution in [3.63, 3.8) is 0 Å². The molecule has 10 heteroatoms. The minimum absolute atomic E-state index is 0.00955. The number of carbonyl (C=O) groups is 2. The number of rotatable bonds is 10. The second-order valence-corrected chi connectivity index (χ2v) is 5.05. The Balaban J connectivity index is 2.96. The van der Waals surface area contributed by atoms with E-state index in [2.05, 4.69) is 10.1 Å². The average Bonchev–Trinajstić information content (AvgIpc) is 2.61. The van der Waals surface area contributed by atoms with Crippen LogP contribution in [0.2, 0.25) is 0 Å². The normalized spacial score (nSPS) is 11.0. The van der Waals surface area contributed by atoms with E-state index in [9.17, 15) is 19.7 Å². The van der Waals surface area contributed by atoms with Crippen molar-refractivity contribution in [2.45, 2.75) is 33.1 Å². The Bertz CT molecular complexity index is 676. The molecule has 0 fully saturated rings. The third-order valence-corrected chi connectivity index (χ3v) is 3.15. The standard InChI is InChI=1S/C16H22N4O6/c1-4-25-14(21)10-6-8-12(16(22)26-5-2)18-19(3)15-13(20(23)24)9-7-11-17-15/h7,9,11H,4-6,8,10H2,1-3H3/b18-12+. The lowest BCUT2D eigenvalue weighted by Gasteiger charge is -2.14. The zero-order valence-electron chi connectivity index (χ0n) is 15.0. The molecule has 0 spiro atoms. The topological polar surface area (TPSA) is 124 Å². The maximum atomic E-state index is 12.1. The number of aromatic nitrogens is 1. The predicted octanol–water partition coefficient (Wildman–Crippen LogP) is 2.08. The Hall–Kier alpha value is -3.04. The average molecular weight is 366 g/mol. The second-order valence-electron chi connectivity index (χ2n) is 5.05. The summed E-state index contributed by atoms with van der Waals surface area (Å²) in [4.78, 5) is 38.0. The molecule has 0 aliphatic carbocycles. The zero-order chi connectivity index (χ0) is 19.5. The van der Waals surface area contributed by atoms with Gasteiger partial charge >= 0.3 is 17.6 Å². The van der Waals surface area contributed by atoms with Gasteiger partial charge in [-0.25, -0.2) is 14.8 Å². The number of nitrogens with zero attached hydrogens (tertiary/aromatic N) is 4. The van der Waals surface area contributed by atoms with Crippen molar-refractivity contribution < 1.29 is 24.0 Å². The quantitative estimate of drug-likeness (QED) is 0.267. The van der Waals surface area contributed by atoms with E-state index in [1.807, 2.05) is 0 Å². The van der Waals surface area contributed by atoms with Crippen LogP contribution in [0.25, 0.3) is 0 Å². The van der Waals surface area contributed by atoms with Crippen LogP contribution in [-0.2, 0) is 19.1 Å². The minimum atomic E-state index is -0.651. The molecule has 0 N–H and O–H groups in total. The van der Waals surface area contributed by atoms with Crippen molar-refractivity contribution in [1.29, 1.82) is 0 Å². The highest BCUT2D eigenvalue weighted by Gasteiger charge is 2.20. The zero-order valence-corrected chi connectivity index (χ0v) is 15.0. The fraction of sp³-hybridized carbons (Fsp3) is 0.500. The molecule has 0 aromatic carbocycles. The van der Waals surface area contributed by atoms with Crippen LogP contribution in [0.1, 0.15) is 33.1 Å². The number of esters is 2. The maximum Gasteiger partial charge on any atom is 0.354 e. The number of hydrogen-bond acceptors (Lipinski definition) is 9. The SMILES string of the molecule is CCOC(=O)CCC/C(=N\N(C)c1ncccc1[N+](=O)[O-])C(=O)OCC. The van der Waals surface area contributed by atoms with E-state index in [1.165, 1.54) is 25.4 Å². The molecule has 0 radical (unpaired) electrons. The van der Waals surface area contributed by atoms with Gasteiger partial charge in [0.15, 0.2) is 0 Å². The maximum absolute atomic E-state index is 12.1. The molecule has 1 rings (SSSR count). The Labute approximate surface area is 150 Å². The third kappa shape index (κ3) is 6.46. The van der Waals surface area contributed by atoms with E-state index >= 15 is 0 Å². The molecule has 1 aromatic rings. The molecular weight excluding hydrogens is 344 g/mol. The molecule has 0 amide bonds. The first-order chi connectivity index (χ1) is 12.4. The number of hydrazone groups is 1. The van der Waals surface area contributed by atoms with Crippen LogP contribution in [0.3, 0.4) is 0 Å². The van der Waals surface area contributed by atoms with Gasteiger partial charge in [0.25, 0.3) is 0 Å². The van der Waals surface area contributed by atoms with Crippen LogP contribution < -0.4 is 5.01 Å². The number of anilines is 1. The van der Waals surface area contributed by atoms with Gasteiger partial charge in [-0.3, -0.25) is 14.9 Å². The van der Waals surface area contributed by atoms with Gasteiger partial charge < -0.3 is 9.47 Å². The van der Waals surface area contributed by atoms with E-state index in [4.69, 9.17) is 9.47 Å². The summed E-state index contributed by atoms with van der Waals surface area (Å²) in [6, 6.07) is 2.73. The second kappa shape index (κ2) is 10.7. The van der Waals surface area contributed by atoms with Crippen LogP contribution in [0.4, 0.5) is 11.5 Å². The molecular formula is C16H22N4O6. The van der Waals surface area contributed by atoms with Crippen molar-refractivity contribution >= 4 is 29.2 Å². The molecule has 0 unspecified atom stereocenters. The first-order valence-corrected chi connectivity index (χ1v) is 8.14. The largest absolute Gasteiger partial charge is 0.466 e. The van der Waals surface area contributed by atoms with E-state index < -0.39 is 10.9 Å². The predicted molar refractivity (Wildman–Crippen MR) is 93.8 cm³/mol. The number of hydrogen-bond donors (Lipinski definition) is 0. The summed E-state index contributed by atoms with van der Waals surface area (Å²) < 4.78 is 9.79. The Morgan fingerprint density at radius 2 is 1.96 bits per heavy atom. The smallest absolute Gasteiger partial charge is 0.354 e. The number of pyridine rings is 1. The van der Waals surface area contributed by atoms with Gasteiger partial charge in [-0.15, -0.1) is 0 Å². The summed E-state index contributed by atoms with van der Waals surface area (Å²) >= 11 is 0. The molecule has 0 bridgehead atoms. The van der Waals surface area contributed by atoms with E-state index in [1.54, 1.807) is 13.8 Å². The minimum Gasteiger partial charge on any atom is -0.466 e. The molecule has 26 heavy (non-hydrogen) atoms. The van der Waals surface area contributed by atoms with Crippen LogP contribution in [0.15, 0.2) is 23.4 Å². The van der Waals surface area contributed by atoms with Crippen molar-refractivity contribution in [2.75, 3.05) is 25.3 Å². The molecule has 1 heterocycles. The third-order valence-electron chi connectivity index (χ3n) is 3.15. The molecule has 142 valence electrons. The van der Waals surface area contributed by atoms with Crippen molar-refractivity contribution in [1.82, 2.24) is 4.98 Å². The first kappa shape index (κ1) is 21.0. The van der Waals surface area contributed by atoms with Gasteiger partial charge in [-0.1, -0.05) is 0 Å². The molecule has 1 aromatic heterocycles. The van der Waals surface area contributed by atoms with Gasteiger partial charge in [0.2, 0.25) is 5.82 Å². The first-order valence-electron chi connectivity index (χ1n) is 8.14. The summed E-state index contributed by atoms with van der Waals surface area (Å²) in [5, 5.41) is 16.4. The monoisotopic (exact) mass is 366 g/mol. The van der Waals surface area contributed by atoms with Gasteiger partial charge in [-0.2, -0.15) is 5.10 Å². The van der Waals surface area contributed by atoms with Crippen molar-refractivity contribution in [3.8, 4) is 0 Å².